The molecule has 9 heteroatoms. The Hall–Kier alpha value is -0.0500. The van der Waals surface area contributed by atoms with Gasteiger partial charge in [-0.3, -0.25) is 4.57 Å². The average Bonchev–Trinajstić information content (AvgIpc) is 2.41. The van der Waals surface area contributed by atoms with Gasteiger partial charge in [0.25, 0.3) is 0 Å². The zero-order valence-electron chi connectivity index (χ0n) is 10.3. The first-order valence-corrected chi connectivity index (χ1v) is 7.78. The largest absolute Gasteiger partial charge is 0.379 e. The minimum absolute atomic E-state index is 0.151. The smallest absolute Gasteiger partial charge is 0.377 e. The fourth-order valence-electron chi connectivity index (χ4n) is 1.69. The maximum absolute atomic E-state index is 12.4. The van der Waals surface area contributed by atoms with Crippen LogP contribution < -0.4 is 5.73 Å². The predicted molar refractivity (Wildman–Crippen MR) is 63.6 cm³/mol. The van der Waals surface area contributed by atoms with Crippen molar-refractivity contribution in [2.75, 3.05) is 58.9 Å². The lowest BCUT2D eigenvalue weighted by molar-refractivity contribution is -0.166. The van der Waals surface area contributed by atoms with Gasteiger partial charge in [-0.05, 0) is 0 Å². The van der Waals surface area contributed by atoms with Crippen LogP contribution in [0.4, 0.5) is 0 Å². The van der Waals surface area contributed by atoms with Gasteiger partial charge in [0.05, 0.1) is 32.7 Å². The molecular formula is C9H20N3O5P. The van der Waals surface area contributed by atoms with Gasteiger partial charge in [0.2, 0.25) is 0 Å². The third-order valence-corrected chi connectivity index (χ3v) is 4.05. The van der Waals surface area contributed by atoms with Gasteiger partial charge in [-0.25, -0.2) is 9.25 Å². The molecule has 0 radical (unpaired) electrons. The maximum Gasteiger partial charge on any atom is 0.377 e. The summed E-state index contributed by atoms with van der Waals surface area (Å²) < 4.78 is 33.6. The van der Waals surface area contributed by atoms with Crippen LogP contribution in [0.5, 0.6) is 0 Å². The molecule has 2 N–H and O–H groups in total. The van der Waals surface area contributed by atoms with Crippen molar-refractivity contribution in [1.82, 2.24) is 10.1 Å². The zero-order valence-corrected chi connectivity index (χ0v) is 11.2. The van der Waals surface area contributed by atoms with E-state index >= 15 is 0 Å². The number of hydroxylamine groups is 4. The first kappa shape index (κ1) is 14.4. The maximum atomic E-state index is 12.4. The number of rotatable bonds is 5. The predicted octanol–water partition coefficient (Wildman–Crippen LogP) is -0.377. The van der Waals surface area contributed by atoms with Crippen molar-refractivity contribution < 1.29 is 23.3 Å². The normalized spacial score (nSPS) is 24.3. The second-order valence-corrected chi connectivity index (χ2v) is 5.95. The van der Waals surface area contributed by atoms with Crippen LogP contribution in [0.1, 0.15) is 0 Å². The molecule has 2 aliphatic rings. The molecule has 0 saturated carbocycles. The van der Waals surface area contributed by atoms with Crippen molar-refractivity contribution in [3.8, 4) is 0 Å². The average molecular weight is 281 g/mol. The molecule has 18 heavy (non-hydrogen) atoms. The van der Waals surface area contributed by atoms with Gasteiger partial charge >= 0.3 is 7.60 Å². The van der Waals surface area contributed by atoms with Crippen LogP contribution in [0.25, 0.3) is 0 Å². The van der Waals surface area contributed by atoms with Gasteiger partial charge in [-0.1, -0.05) is 0 Å². The van der Waals surface area contributed by atoms with Gasteiger partial charge < -0.3 is 15.2 Å². The summed E-state index contributed by atoms with van der Waals surface area (Å²) in [5.41, 5.74) is 5.51. The first-order chi connectivity index (χ1) is 8.72. The lowest BCUT2D eigenvalue weighted by Gasteiger charge is -2.32. The first-order valence-electron chi connectivity index (χ1n) is 6.06. The molecule has 0 spiro atoms. The molecule has 0 atom stereocenters. The third-order valence-electron chi connectivity index (χ3n) is 2.64. The lowest BCUT2D eigenvalue weighted by Crippen LogP contribution is -2.39. The Morgan fingerprint density at radius 1 is 0.944 bits per heavy atom. The van der Waals surface area contributed by atoms with E-state index in [2.05, 4.69) is 0 Å². The number of morpholine rings is 2. The Kier molecular flexibility index (Phi) is 5.53. The summed E-state index contributed by atoms with van der Waals surface area (Å²) >= 11 is 0. The summed E-state index contributed by atoms with van der Waals surface area (Å²) in [6.45, 7) is 4.49. The van der Waals surface area contributed by atoms with Crippen LogP contribution in [0.15, 0.2) is 0 Å². The van der Waals surface area contributed by atoms with Crippen molar-refractivity contribution >= 4 is 7.60 Å². The minimum atomic E-state index is -3.32. The molecule has 2 fully saturated rings. The molecule has 2 rings (SSSR count). The summed E-state index contributed by atoms with van der Waals surface area (Å²) in [6, 6.07) is 0. The zero-order chi connectivity index (χ0) is 12.8. The molecular weight excluding hydrogens is 261 g/mol. The third kappa shape index (κ3) is 4.25. The molecule has 0 aromatic carbocycles. The Labute approximate surface area is 106 Å². The fourth-order valence-corrected chi connectivity index (χ4v) is 2.88. The number of nitrogens with two attached hydrogens (primary N) is 1. The summed E-state index contributed by atoms with van der Waals surface area (Å²) in [6.07, 6.45) is -0.151. The summed E-state index contributed by atoms with van der Waals surface area (Å²) in [5, 5.41) is 3.19. The highest BCUT2D eigenvalue weighted by molar-refractivity contribution is 7.53. The topological polar surface area (TPSA) is 86.5 Å². The lowest BCUT2D eigenvalue weighted by atomic mass is 10.5. The van der Waals surface area contributed by atoms with Gasteiger partial charge in [-0.15, -0.1) is 0 Å². The number of hydrogen-bond acceptors (Lipinski definition) is 8. The van der Waals surface area contributed by atoms with E-state index in [0.29, 0.717) is 52.6 Å². The van der Waals surface area contributed by atoms with E-state index in [-0.39, 0.29) is 6.29 Å². The second kappa shape index (κ2) is 6.93. The Balaban J connectivity index is 1.85. The quantitative estimate of drug-likeness (QED) is 0.683. The van der Waals surface area contributed by atoms with E-state index < -0.39 is 7.60 Å². The Morgan fingerprint density at radius 2 is 1.33 bits per heavy atom. The molecule has 0 bridgehead atoms. The Bertz CT molecular complexity index is 270. The molecule has 106 valence electrons. The number of nitrogens with zero attached hydrogens (tertiary/aromatic N) is 2. The van der Waals surface area contributed by atoms with E-state index in [1.54, 1.807) is 10.1 Å². The molecule has 0 aromatic rings. The van der Waals surface area contributed by atoms with Crippen LogP contribution in [0.3, 0.4) is 0 Å². The molecule has 2 aliphatic heterocycles. The summed E-state index contributed by atoms with van der Waals surface area (Å²) in [7, 11) is -3.32. The molecule has 0 amide bonds. The molecule has 0 aliphatic carbocycles. The van der Waals surface area contributed by atoms with Crippen LogP contribution in [-0.4, -0.2) is 69.0 Å². The molecule has 2 heterocycles. The van der Waals surface area contributed by atoms with Gasteiger partial charge in [0.1, 0.15) is 0 Å². The highest BCUT2D eigenvalue weighted by Gasteiger charge is 2.31. The monoisotopic (exact) mass is 281 g/mol. The van der Waals surface area contributed by atoms with Crippen LogP contribution in [0, 0.1) is 0 Å². The van der Waals surface area contributed by atoms with Crippen molar-refractivity contribution in [2.24, 2.45) is 5.73 Å². The highest BCUT2D eigenvalue weighted by Crippen LogP contribution is 2.48. The highest BCUT2D eigenvalue weighted by atomic mass is 31.2. The summed E-state index contributed by atoms with van der Waals surface area (Å²) in [4.78, 5) is 0. The van der Waals surface area contributed by atoms with Crippen molar-refractivity contribution in [1.29, 1.82) is 0 Å². The Morgan fingerprint density at radius 3 is 1.67 bits per heavy atom. The summed E-state index contributed by atoms with van der Waals surface area (Å²) in [5.74, 6) is 0. The van der Waals surface area contributed by atoms with E-state index in [1.165, 1.54) is 0 Å². The number of hydrogen-bond donors (Lipinski definition) is 1. The second-order valence-electron chi connectivity index (χ2n) is 4.04. The van der Waals surface area contributed by atoms with Crippen molar-refractivity contribution in [3.05, 3.63) is 0 Å². The molecule has 0 aromatic heterocycles. The minimum Gasteiger partial charge on any atom is -0.379 e. The van der Waals surface area contributed by atoms with E-state index in [1.807, 2.05) is 0 Å². The number of ether oxygens (including phenoxy) is 2. The molecule has 8 nitrogen and oxygen atoms in total. The van der Waals surface area contributed by atoms with Crippen molar-refractivity contribution in [2.45, 2.75) is 0 Å². The fraction of sp³-hybridized carbons (Fsp3) is 1.00. The molecule has 0 unspecified atom stereocenters. The van der Waals surface area contributed by atoms with Crippen LogP contribution in [0.2, 0.25) is 0 Å². The SMILES string of the molecule is NCP(=O)(ON1CCOCC1)ON1CCOCC1. The van der Waals surface area contributed by atoms with Crippen molar-refractivity contribution in [3.63, 3.8) is 0 Å². The van der Waals surface area contributed by atoms with Gasteiger partial charge in [0, 0.05) is 26.2 Å². The van der Waals surface area contributed by atoms with Gasteiger partial charge in [-0.2, -0.15) is 10.1 Å². The standard InChI is InChI=1S/C9H20N3O5P/c10-9-18(13,16-11-1-5-14-6-2-11)17-12-3-7-15-8-4-12/h1-10H2. The van der Waals surface area contributed by atoms with E-state index in [9.17, 15) is 4.57 Å². The van der Waals surface area contributed by atoms with E-state index in [4.69, 9.17) is 24.5 Å². The molecule has 2 saturated heterocycles. The van der Waals surface area contributed by atoms with Crippen LogP contribution in [-0.2, 0) is 23.3 Å². The van der Waals surface area contributed by atoms with Gasteiger partial charge in [0.15, 0.2) is 0 Å². The van der Waals surface area contributed by atoms with Crippen LogP contribution >= 0.6 is 7.60 Å². The van der Waals surface area contributed by atoms with E-state index in [0.717, 1.165) is 0 Å².